The van der Waals surface area contributed by atoms with Gasteiger partial charge in [0, 0.05) is 5.92 Å². The minimum Gasteiger partial charge on any atom is -0.349 e. The number of rotatable bonds is 5. The largest absolute Gasteiger partial charge is 0.349 e. The lowest BCUT2D eigenvalue weighted by atomic mass is 9.92. The van der Waals surface area contributed by atoms with Gasteiger partial charge in [-0.3, -0.25) is 4.79 Å². The first-order valence-electron chi connectivity index (χ1n) is 8.37. The number of carbonyl (C=O) groups excluding carboxylic acids is 1. The third-order valence-corrected chi connectivity index (χ3v) is 4.44. The molecule has 23 heavy (non-hydrogen) atoms. The lowest BCUT2D eigenvalue weighted by Crippen LogP contribution is -2.35. The van der Waals surface area contributed by atoms with Gasteiger partial charge in [-0.05, 0) is 36.8 Å². The molecule has 0 saturated heterocycles. The zero-order valence-electron chi connectivity index (χ0n) is 13.3. The first kappa shape index (κ1) is 15.5. The second kappa shape index (κ2) is 7.77. The van der Waals surface area contributed by atoms with Crippen molar-refractivity contribution in [1.29, 1.82) is 0 Å². The van der Waals surface area contributed by atoms with E-state index in [1.165, 1.54) is 5.56 Å². The number of hydrogen-bond acceptors (Lipinski definition) is 1. The van der Waals surface area contributed by atoms with Crippen LogP contribution in [-0.2, 0) is 11.2 Å². The van der Waals surface area contributed by atoms with Crippen LogP contribution in [0.4, 0.5) is 0 Å². The quantitative estimate of drug-likeness (QED) is 0.813. The van der Waals surface area contributed by atoms with Gasteiger partial charge in [-0.25, -0.2) is 0 Å². The van der Waals surface area contributed by atoms with E-state index in [-0.39, 0.29) is 17.9 Å². The maximum Gasteiger partial charge on any atom is 0.223 e. The highest BCUT2D eigenvalue weighted by molar-refractivity contribution is 5.79. The van der Waals surface area contributed by atoms with E-state index in [1.807, 2.05) is 36.4 Å². The molecule has 0 saturated carbocycles. The van der Waals surface area contributed by atoms with E-state index in [4.69, 9.17) is 0 Å². The molecule has 0 radical (unpaired) electrons. The predicted octanol–water partition coefficient (Wildman–Crippen LogP) is 4.44. The Bertz CT molecular complexity index is 648. The zero-order valence-corrected chi connectivity index (χ0v) is 13.3. The third kappa shape index (κ3) is 4.32. The standard InChI is InChI=1S/C21H23NO/c23-21(19-14-8-3-9-15-19)22-20(18-12-6-2-7-13-18)16-17-10-4-1-5-11-17/h1-8,10-13,19-20H,9,14-16H2,(H,22,23). The molecule has 1 N–H and O–H groups in total. The number of hydrogen-bond donors (Lipinski definition) is 1. The van der Waals surface area contributed by atoms with Crippen LogP contribution in [0.25, 0.3) is 0 Å². The van der Waals surface area contributed by atoms with Gasteiger partial charge in [0.2, 0.25) is 5.91 Å². The summed E-state index contributed by atoms with van der Waals surface area (Å²) >= 11 is 0. The van der Waals surface area contributed by atoms with Crippen LogP contribution in [0.15, 0.2) is 72.8 Å². The van der Waals surface area contributed by atoms with Crippen molar-refractivity contribution in [3.05, 3.63) is 83.9 Å². The molecule has 2 atom stereocenters. The van der Waals surface area contributed by atoms with Gasteiger partial charge in [0.05, 0.1) is 6.04 Å². The van der Waals surface area contributed by atoms with Gasteiger partial charge in [-0.1, -0.05) is 72.8 Å². The van der Waals surface area contributed by atoms with Crippen LogP contribution in [0.2, 0.25) is 0 Å². The fourth-order valence-corrected chi connectivity index (χ4v) is 3.11. The molecule has 118 valence electrons. The molecule has 2 aromatic carbocycles. The molecule has 1 aliphatic carbocycles. The van der Waals surface area contributed by atoms with Crippen molar-refractivity contribution in [1.82, 2.24) is 5.32 Å². The molecule has 0 bridgehead atoms. The molecular weight excluding hydrogens is 282 g/mol. The van der Waals surface area contributed by atoms with E-state index in [9.17, 15) is 4.79 Å². The van der Waals surface area contributed by atoms with E-state index in [1.54, 1.807) is 0 Å². The number of amides is 1. The Balaban J connectivity index is 1.75. The fraction of sp³-hybridized carbons (Fsp3) is 0.286. The van der Waals surface area contributed by atoms with E-state index in [0.717, 1.165) is 31.2 Å². The maximum atomic E-state index is 12.6. The van der Waals surface area contributed by atoms with E-state index >= 15 is 0 Å². The molecule has 2 nitrogen and oxygen atoms in total. The summed E-state index contributed by atoms with van der Waals surface area (Å²) < 4.78 is 0. The first-order valence-corrected chi connectivity index (χ1v) is 8.37. The summed E-state index contributed by atoms with van der Waals surface area (Å²) in [6.45, 7) is 0. The molecule has 0 heterocycles. The van der Waals surface area contributed by atoms with Gasteiger partial charge in [-0.15, -0.1) is 0 Å². The lowest BCUT2D eigenvalue weighted by molar-refractivity contribution is -0.126. The summed E-state index contributed by atoms with van der Waals surface area (Å²) in [5.41, 5.74) is 2.40. The predicted molar refractivity (Wildman–Crippen MR) is 94.0 cm³/mol. The Kier molecular flexibility index (Phi) is 5.25. The van der Waals surface area contributed by atoms with Crippen LogP contribution in [0, 0.1) is 5.92 Å². The van der Waals surface area contributed by atoms with Crippen molar-refractivity contribution < 1.29 is 4.79 Å². The van der Waals surface area contributed by atoms with Gasteiger partial charge in [0.1, 0.15) is 0 Å². The van der Waals surface area contributed by atoms with Crippen LogP contribution in [0.5, 0.6) is 0 Å². The highest BCUT2D eigenvalue weighted by atomic mass is 16.1. The summed E-state index contributed by atoms with van der Waals surface area (Å²) in [7, 11) is 0. The van der Waals surface area contributed by atoms with E-state index in [2.05, 4.69) is 41.7 Å². The van der Waals surface area contributed by atoms with Crippen molar-refractivity contribution in [3.8, 4) is 0 Å². The summed E-state index contributed by atoms with van der Waals surface area (Å²) in [6.07, 6.45) is 7.94. The highest BCUT2D eigenvalue weighted by Gasteiger charge is 2.22. The summed E-state index contributed by atoms with van der Waals surface area (Å²) in [5, 5.41) is 3.28. The Morgan fingerprint density at radius 3 is 2.35 bits per heavy atom. The molecule has 0 aliphatic heterocycles. The van der Waals surface area contributed by atoms with Crippen molar-refractivity contribution in [2.45, 2.75) is 31.7 Å². The number of allylic oxidation sites excluding steroid dienone is 2. The first-order chi connectivity index (χ1) is 11.3. The van der Waals surface area contributed by atoms with Crippen molar-refractivity contribution in [3.63, 3.8) is 0 Å². The van der Waals surface area contributed by atoms with Crippen LogP contribution in [-0.4, -0.2) is 5.91 Å². The normalized spacial score (nSPS) is 18.3. The average molecular weight is 305 g/mol. The van der Waals surface area contributed by atoms with Gasteiger partial charge in [0.25, 0.3) is 0 Å². The summed E-state index contributed by atoms with van der Waals surface area (Å²) in [4.78, 5) is 12.6. The van der Waals surface area contributed by atoms with Gasteiger partial charge in [-0.2, -0.15) is 0 Å². The molecular formula is C21H23NO. The molecule has 3 rings (SSSR count). The summed E-state index contributed by atoms with van der Waals surface area (Å²) in [5.74, 6) is 0.293. The molecule has 0 fully saturated rings. The van der Waals surface area contributed by atoms with Crippen LogP contribution < -0.4 is 5.32 Å². The topological polar surface area (TPSA) is 29.1 Å². The van der Waals surface area contributed by atoms with Crippen LogP contribution in [0.1, 0.15) is 36.4 Å². The zero-order chi connectivity index (χ0) is 15.9. The number of benzene rings is 2. The van der Waals surface area contributed by atoms with Gasteiger partial charge in [0.15, 0.2) is 0 Å². The fourth-order valence-electron chi connectivity index (χ4n) is 3.11. The second-order valence-corrected chi connectivity index (χ2v) is 6.14. The Morgan fingerprint density at radius 2 is 1.70 bits per heavy atom. The minimum absolute atomic E-state index is 0.0250. The lowest BCUT2D eigenvalue weighted by Gasteiger charge is -2.24. The maximum absolute atomic E-state index is 12.6. The smallest absolute Gasteiger partial charge is 0.223 e. The second-order valence-electron chi connectivity index (χ2n) is 6.14. The van der Waals surface area contributed by atoms with Crippen molar-refractivity contribution in [2.24, 2.45) is 5.92 Å². The molecule has 0 aromatic heterocycles. The molecule has 2 aromatic rings. The molecule has 1 aliphatic rings. The number of nitrogens with one attached hydrogen (secondary N) is 1. The average Bonchev–Trinajstić information content (AvgIpc) is 2.63. The van der Waals surface area contributed by atoms with Crippen molar-refractivity contribution in [2.75, 3.05) is 0 Å². The van der Waals surface area contributed by atoms with E-state index in [0.29, 0.717) is 0 Å². The third-order valence-electron chi connectivity index (χ3n) is 4.44. The molecule has 2 unspecified atom stereocenters. The molecule has 2 heteroatoms. The monoisotopic (exact) mass is 305 g/mol. The Labute approximate surface area is 138 Å². The highest BCUT2D eigenvalue weighted by Crippen LogP contribution is 2.22. The Hall–Kier alpha value is -2.35. The van der Waals surface area contributed by atoms with E-state index < -0.39 is 0 Å². The molecule has 0 spiro atoms. The van der Waals surface area contributed by atoms with Crippen LogP contribution in [0.3, 0.4) is 0 Å². The van der Waals surface area contributed by atoms with Crippen molar-refractivity contribution >= 4 is 5.91 Å². The SMILES string of the molecule is O=C(NC(Cc1ccccc1)c1ccccc1)C1CC=CCC1. The summed E-state index contributed by atoms with van der Waals surface area (Å²) in [6, 6.07) is 20.6. The van der Waals surface area contributed by atoms with Gasteiger partial charge < -0.3 is 5.32 Å². The number of carbonyl (C=O) groups is 1. The Morgan fingerprint density at radius 1 is 1.00 bits per heavy atom. The molecule has 1 amide bonds. The van der Waals surface area contributed by atoms with Crippen LogP contribution >= 0.6 is 0 Å². The minimum atomic E-state index is 0.0250. The van der Waals surface area contributed by atoms with Gasteiger partial charge >= 0.3 is 0 Å².